The molecule has 0 bridgehead atoms. The highest BCUT2D eigenvalue weighted by Gasteiger charge is 2.15. The Bertz CT molecular complexity index is 607. The summed E-state index contributed by atoms with van der Waals surface area (Å²) in [5.41, 5.74) is 1.03. The molecule has 0 saturated heterocycles. The molecule has 0 radical (unpaired) electrons. The number of amides is 1. The molecule has 1 heterocycles. The Kier molecular flexibility index (Phi) is 4.98. The van der Waals surface area contributed by atoms with Gasteiger partial charge >= 0.3 is 0 Å². The maximum absolute atomic E-state index is 12.0. The van der Waals surface area contributed by atoms with Crippen LogP contribution >= 0.6 is 0 Å². The van der Waals surface area contributed by atoms with Gasteiger partial charge in [-0.15, -0.1) is 0 Å². The molecule has 0 aliphatic carbocycles. The van der Waals surface area contributed by atoms with E-state index in [0.717, 1.165) is 11.3 Å². The summed E-state index contributed by atoms with van der Waals surface area (Å²) in [7, 11) is 1.64. The number of oxazole rings is 1. The van der Waals surface area contributed by atoms with Crippen molar-refractivity contribution >= 4 is 5.91 Å². The van der Waals surface area contributed by atoms with Gasteiger partial charge in [-0.2, -0.15) is 0 Å². The first kappa shape index (κ1) is 15.1. The number of hydrogen-bond donors (Lipinski definition) is 1. The van der Waals surface area contributed by atoms with E-state index in [1.807, 2.05) is 31.2 Å². The lowest BCUT2D eigenvalue weighted by atomic mass is 9.96. The summed E-state index contributed by atoms with van der Waals surface area (Å²) in [6, 6.07) is 7.75. The Balaban J connectivity index is 1.89. The predicted octanol–water partition coefficient (Wildman–Crippen LogP) is 2.80. The second-order valence-electron chi connectivity index (χ2n) is 4.97. The SMILES string of the molecule is COc1ccccc1[C@H](C)CC(=O)NCc1cnc(C)o1. The Morgan fingerprint density at radius 1 is 1.43 bits per heavy atom. The van der Waals surface area contributed by atoms with E-state index < -0.39 is 0 Å². The zero-order chi connectivity index (χ0) is 15.2. The van der Waals surface area contributed by atoms with Gasteiger partial charge in [-0.1, -0.05) is 25.1 Å². The molecule has 0 fully saturated rings. The van der Waals surface area contributed by atoms with Gasteiger partial charge in [0.15, 0.2) is 5.89 Å². The van der Waals surface area contributed by atoms with E-state index >= 15 is 0 Å². The summed E-state index contributed by atoms with van der Waals surface area (Å²) in [6.45, 7) is 4.14. The molecule has 0 saturated carbocycles. The van der Waals surface area contributed by atoms with Crippen LogP contribution in [0.5, 0.6) is 5.75 Å². The number of methoxy groups -OCH3 is 1. The van der Waals surface area contributed by atoms with Gasteiger partial charge in [0.05, 0.1) is 19.9 Å². The topological polar surface area (TPSA) is 64.4 Å². The van der Waals surface area contributed by atoms with Gasteiger partial charge in [0.25, 0.3) is 0 Å². The minimum Gasteiger partial charge on any atom is -0.496 e. The summed E-state index contributed by atoms with van der Waals surface area (Å²) in [6.07, 6.45) is 2.02. The average Bonchev–Trinajstić information content (AvgIpc) is 2.90. The molecule has 0 spiro atoms. The summed E-state index contributed by atoms with van der Waals surface area (Å²) >= 11 is 0. The van der Waals surface area contributed by atoms with E-state index in [2.05, 4.69) is 10.3 Å². The zero-order valence-corrected chi connectivity index (χ0v) is 12.6. The molecule has 0 aliphatic rings. The highest BCUT2D eigenvalue weighted by molar-refractivity contribution is 5.76. The molecular weight excluding hydrogens is 268 g/mol. The fourth-order valence-electron chi connectivity index (χ4n) is 2.21. The maximum Gasteiger partial charge on any atom is 0.220 e. The van der Waals surface area contributed by atoms with Crippen molar-refractivity contribution in [3.63, 3.8) is 0 Å². The molecule has 5 nitrogen and oxygen atoms in total. The fraction of sp³-hybridized carbons (Fsp3) is 0.375. The quantitative estimate of drug-likeness (QED) is 0.887. The number of hydrogen-bond acceptors (Lipinski definition) is 4. The number of nitrogens with zero attached hydrogens (tertiary/aromatic N) is 1. The molecular formula is C16H20N2O3. The van der Waals surface area contributed by atoms with Crippen molar-refractivity contribution in [2.24, 2.45) is 0 Å². The zero-order valence-electron chi connectivity index (χ0n) is 12.6. The lowest BCUT2D eigenvalue weighted by molar-refractivity contribution is -0.121. The molecule has 1 aromatic carbocycles. The third kappa shape index (κ3) is 4.08. The lowest BCUT2D eigenvalue weighted by Crippen LogP contribution is -2.23. The molecule has 21 heavy (non-hydrogen) atoms. The van der Waals surface area contributed by atoms with Crippen LogP contribution in [0.1, 0.15) is 36.5 Å². The number of aromatic nitrogens is 1. The van der Waals surface area contributed by atoms with E-state index in [1.54, 1.807) is 20.2 Å². The molecule has 1 amide bonds. The molecule has 112 valence electrons. The predicted molar refractivity (Wildman–Crippen MR) is 79.1 cm³/mol. The van der Waals surface area contributed by atoms with Crippen molar-refractivity contribution in [1.29, 1.82) is 0 Å². The minimum atomic E-state index is -0.0255. The number of benzene rings is 1. The summed E-state index contributed by atoms with van der Waals surface area (Å²) < 4.78 is 10.6. The van der Waals surface area contributed by atoms with Crippen LogP contribution in [0.4, 0.5) is 0 Å². The first-order valence-corrected chi connectivity index (χ1v) is 6.91. The summed E-state index contributed by atoms with van der Waals surface area (Å²) in [5.74, 6) is 2.12. The minimum absolute atomic E-state index is 0.0255. The van der Waals surface area contributed by atoms with E-state index in [1.165, 1.54) is 0 Å². The number of aryl methyl sites for hydroxylation is 1. The first-order valence-electron chi connectivity index (χ1n) is 6.91. The Morgan fingerprint density at radius 2 is 2.19 bits per heavy atom. The van der Waals surface area contributed by atoms with Crippen LogP contribution in [-0.4, -0.2) is 18.0 Å². The Labute approximate surface area is 124 Å². The van der Waals surface area contributed by atoms with Gasteiger partial charge in [0.1, 0.15) is 11.5 Å². The number of para-hydroxylation sites is 1. The van der Waals surface area contributed by atoms with Crippen molar-refractivity contribution in [2.75, 3.05) is 7.11 Å². The van der Waals surface area contributed by atoms with Crippen LogP contribution in [0.15, 0.2) is 34.9 Å². The van der Waals surface area contributed by atoms with Crippen molar-refractivity contribution < 1.29 is 13.9 Å². The summed E-state index contributed by atoms with van der Waals surface area (Å²) in [4.78, 5) is 16.0. The van der Waals surface area contributed by atoms with Crippen LogP contribution in [0.3, 0.4) is 0 Å². The van der Waals surface area contributed by atoms with Crippen molar-refractivity contribution in [2.45, 2.75) is 32.7 Å². The standard InChI is InChI=1S/C16H20N2O3/c1-11(14-6-4-5-7-15(14)20-3)8-16(19)18-10-13-9-17-12(2)21-13/h4-7,9,11H,8,10H2,1-3H3,(H,18,19)/t11-/m1/s1. The normalized spacial score (nSPS) is 12.0. The molecule has 1 atom stereocenters. The first-order chi connectivity index (χ1) is 10.1. The van der Waals surface area contributed by atoms with E-state index in [-0.39, 0.29) is 11.8 Å². The molecule has 2 aromatic rings. The molecule has 5 heteroatoms. The van der Waals surface area contributed by atoms with E-state index in [0.29, 0.717) is 24.6 Å². The number of nitrogens with one attached hydrogen (secondary N) is 1. The Morgan fingerprint density at radius 3 is 2.86 bits per heavy atom. The largest absolute Gasteiger partial charge is 0.496 e. The molecule has 0 unspecified atom stereocenters. The van der Waals surface area contributed by atoms with E-state index in [9.17, 15) is 4.79 Å². The highest BCUT2D eigenvalue weighted by atomic mass is 16.5. The van der Waals surface area contributed by atoms with Crippen LogP contribution in [0.2, 0.25) is 0 Å². The Hall–Kier alpha value is -2.30. The van der Waals surface area contributed by atoms with Gasteiger partial charge in [0, 0.05) is 13.3 Å². The van der Waals surface area contributed by atoms with Crippen molar-refractivity contribution in [1.82, 2.24) is 10.3 Å². The van der Waals surface area contributed by atoms with Crippen LogP contribution < -0.4 is 10.1 Å². The molecule has 0 aliphatic heterocycles. The number of rotatable bonds is 6. The van der Waals surface area contributed by atoms with Crippen LogP contribution in [0.25, 0.3) is 0 Å². The molecule has 2 rings (SSSR count). The van der Waals surface area contributed by atoms with Crippen LogP contribution in [-0.2, 0) is 11.3 Å². The van der Waals surface area contributed by atoms with Crippen LogP contribution in [0, 0.1) is 6.92 Å². The van der Waals surface area contributed by atoms with Crippen molar-refractivity contribution in [3.05, 3.63) is 47.7 Å². The van der Waals surface area contributed by atoms with Gasteiger partial charge in [-0.05, 0) is 17.5 Å². The molecule has 1 N–H and O–H groups in total. The highest BCUT2D eigenvalue weighted by Crippen LogP contribution is 2.28. The number of ether oxygens (including phenoxy) is 1. The fourth-order valence-corrected chi connectivity index (χ4v) is 2.21. The van der Waals surface area contributed by atoms with Gasteiger partial charge in [-0.3, -0.25) is 4.79 Å². The van der Waals surface area contributed by atoms with Crippen molar-refractivity contribution in [3.8, 4) is 5.75 Å². The maximum atomic E-state index is 12.0. The van der Waals surface area contributed by atoms with Gasteiger partial charge in [-0.25, -0.2) is 4.98 Å². The third-order valence-electron chi connectivity index (χ3n) is 3.29. The second-order valence-corrected chi connectivity index (χ2v) is 4.97. The van der Waals surface area contributed by atoms with Gasteiger partial charge in [0.2, 0.25) is 5.91 Å². The van der Waals surface area contributed by atoms with E-state index in [4.69, 9.17) is 9.15 Å². The van der Waals surface area contributed by atoms with Gasteiger partial charge < -0.3 is 14.5 Å². The molecule has 1 aromatic heterocycles. The third-order valence-corrected chi connectivity index (χ3v) is 3.29. The average molecular weight is 288 g/mol. The summed E-state index contributed by atoms with van der Waals surface area (Å²) in [5, 5.41) is 2.84. The smallest absolute Gasteiger partial charge is 0.220 e. The lowest BCUT2D eigenvalue weighted by Gasteiger charge is -2.15. The number of carbonyl (C=O) groups excluding carboxylic acids is 1. The number of carbonyl (C=O) groups is 1. The monoisotopic (exact) mass is 288 g/mol. The second kappa shape index (κ2) is 6.92.